The Labute approximate surface area is 115 Å². The van der Waals surface area contributed by atoms with Gasteiger partial charge in [0.25, 0.3) is 0 Å². The Bertz CT molecular complexity index is 577. The van der Waals surface area contributed by atoms with E-state index in [2.05, 4.69) is 39.6 Å². The number of hydrogen-bond donors (Lipinski definition) is 2. The van der Waals surface area contributed by atoms with Crippen LogP contribution in [0.3, 0.4) is 0 Å². The van der Waals surface area contributed by atoms with E-state index < -0.39 is 0 Å². The number of aromatic nitrogens is 1. The van der Waals surface area contributed by atoms with Crippen LogP contribution in [-0.2, 0) is 0 Å². The van der Waals surface area contributed by atoms with Crippen LogP contribution in [0.2, 0.25) is 0 Å². The SMILES string of the molecule is NNc1cc2ccc(Br)cc2nc1C1CCCC1. The van der Waals surface area contributed by atoms with Gasteiger partial charge >= 0.3 is 0 Å². The van der Waals surface area contributed by atoms with E-state index >= 15 is 0 Å². The van der Waals surface area contributed by atoms with Gasteiger partial charge in [-0.1, -0.05) is 34.8 Å². The first-order valence-electron chi connectivity index (χ1n) is 6.35. The Balaban J connectivity index is 2.15. The van der Waals surface area contributed by atoms with Gasteiger partial charge in [-0.15, -0.1) is 0 Å². The van der Waals surface area contributed by atoms with Gasteiger partial charge in [-0.2, -0.15) is 0 Å². The minimum Gasteiger partial charge on any atom is -0.322 e. The van der Waals surface area contributed by atoms with Gasteiger partial charge in [0.2, 0.25) is 0 Å². The Morgan fingerprint density at radius 2 is 2.00 bits per heavy atom. The molecule has 0 aliphatic heterocycles. The van der Waals surface area contributed by atoms with E-state index in [1.807, 2.05) is 6.07 Å². The van der Waals surface area contributed by atoms with Crippen LogP contribution in [0.1, 0.15) is 37.3 Å². The molecular weight excluding hydrogens is 290 g/mol. The number of hydrazine groups is 1. The van der Waals surface area contributed by atoms with Gasteiger partial charge in [-0.25, -0.2) is 0 Å². The summed E-state index contributed by atoms with van der Waals surface area (Å²) < 4.78 is 1.06. The van der Waals surface area contributed by atoms with Crippen molar-refractivity contribution in [3.8, 4) is 0 Å². The number of pyridine rings is 1. The lowest BCUT2D eigenvalue weighted by molar-refractivity contribution is 0.702. The maximum atomic E-state index is 5.64. The fourth-order valence-electron chi connectivity index (χ4n) is 2.78. The predicted octanol–water partition coefficient (Wildman–Crippen LogP) is 3.94. The molecule has 0 spiro atoms. The van der Waals surface area contributed by atoms with Crippen molar-refractivity contribution in [2.24, 2.45) is 5.84 Å². The van der Waals surface area contributed by atoms with Crippen molar-refractivity contribution in [1.29, 1.82) is 0 Å². The summed E-state index contributed by atoms with van der Waals surface area (Å²) >= 11 is 3.50. The molecule has 0 amide bonds. The Kier molecular flexibility index (Phi) is 3.22. The van der Waals surface area contributed by atoms with Gasteiger partial charge in [-0.05, 0) is 31.0 Å². The van der Waals surface area contributed by atoms with Crippen molar-refractivity contribution in [1.82, 2.24) is 4.98 Å². The minimum absolute atomic E-state index is 0.555. The van der Waals surface area contributed by atoms with Gasteiger partial charge in [0.1, 0.15) is 0 Å². The highest BCUT2D eigenvalue weighted by Gasteiger charge is 2.21. The van der Waals surface area contributed by atoms with Crippen LogP contribution >= 0.6 is 15.9 Å². The lowest BCUT2D eigenvalue weighted by atomic mass is 10.0. The normalized spacial score (nSPS) is 16.3. The molecule has 2 aromatic rings. The summed E-state index contributed by atoms with van der Waals surface area (Å²) in [6, 6.07) is 8.25. The van der Waals surface area contributed by atoms with E-state index in [4.69, 9.17) is 10.8 Å². The van der Waals surface area contributed by atoms with Crippen LogP contribution in [0, 0.1) is 0 Å². The number of benzene rings is 1. The van der Waals surface area contributed by atoms with E-state index in [0.29, 0.717) is 5.92 Å². The summed E-state index contributed by atoms with van der Waals surface area (Å²) in [4.78, 5) is 4.82. The first kappa shape index (κ1) is 11.9. The van der Waals surface area contributed by atoms with Crippen molar-refractivity contribution < 1.29 is 0 Å². The molecule has 0 unspecified atom stereocenters. The van der Waals surface area contributed by atoms with Crippen molar-refractivity contribution in [3.05, 3.63) is 34.4 Å². The molecule has 1 aromatic carbocycles. The second-order valence-corrected chi connectivity index (χ2v) is 5.80. The molecule has 3 nitrogen and oxygen atoms in total. The maximum absolute atomic E-state index is 5.64. The summed E-state index contributed by atoms with van der Waals surface area (Å²) in [5.41, 5.74) is 5.93. The predicted molar refractivity (Wildman–Crippen MR) is 78.5 cm³/mol. The largest absolute Gasteiger partial charge is 0.322 e. The maximum Gasteiger partial charge on any atom is 0.0718 e. The summed E-state index contributed by atoms with van der Waals surface area (Å²) in [6.07, 6.45) is 5.04. The molecule has 3 N–H and O–H groups in total. The molecule has 1 fully saturated rings. The highest BCUT2D eigenvalue weighted by Crippen LogP contribution is 2.37. The smallest absolute Gasteiger partial charge is 0.0718 e. The van der Waals surface area contributed by atoms with Crippen LogP contribution in [0.4, 0.5) is 5.69 Å². The zero-order valence-corrected chi connectivity index (χ0v) is 11.7. The molecule has 1 aliphatic rings. The van der Waals surface area contributed by atoms with Crippen molar-refractivity contribution in [2.75, 3.05) is 5.43 Å². The van der Waals surface area contributed by atoms with Crippen LogP contribution in [-0.4, -0.2) is 4.98 Å². The number of fused-ring (bicyclic) bond motifs is 1. The molecule has 0 saturated heterocycles. The molecule has 18 heavy (non-hydrogen) atoms. The van der Waals surface area contributed by atoms with E-state index in [9.17, 15) is 0 Å². The highest BCUT2D eigenvalue weighted by molar-refractivity contribution is 9.10. The summed E-state index contributed by atoms with van der Waals surface area (Å²) in [7, 11) is 0. The van der Waals surface area contributed by atoms with Crippen LogP contribution in [0.5, 0.6) is 0 Å². The fourth-order valence-corrected chi connectivity index (χ4v) is 3.13. The van der Waals surface area contributed by atoms with Crippen molar-refractivity contribution in [3.63, 3.8) is 0 Å². The number of nitrogens with one attached hydrogen (secondary N) is 1. The standard InChI is InChI=1S/C14H16BrN3/c15-11-6-5-10-7-13(18-16)14(17-12(10)8-11)9-3-1-2-4-9/h5-9,18H,1-4,16H2. The zero-order chi connectivity index (χ0) is 12.5. The van der Waals surface area contributed by atoms with Gasteiger partial charge in [0.15, 0.2) is 0 Å². The van der Waals surface area contributed by atoms with Gasteiger partial charge in [-0.3, -0.25) is 10.8 Å². The topological polar surface area (TPSA) is 50.9 Å². The molecule has 0 atom stereocenters. The number of rotatable bonds is 2. The first-order valence-corrected chi connectivity index (χ1v) is 7.14. The number of halogens is 1. The number of anilines is 1. The van der Waals surface area contributed by atoms with E-state index in [1.165, 1.54) is 25.7 Å². The molecule has 3 rings (SSSR count). The lowest BCUT2D eigenvalue weighted by Crippen LogP contribution is -2.12. The Morgan fingerprint density at radius 3 is 2.72 bits per heavy atom. The fraction of sp³-hybridized carbons (Fsp3) is 0.357. The summed E-state index contributed by atoms with van der Waals surface area (Å²) in [5, 5.41) is 1.12. The molecule has 1 heterocycles. The van der Waals surface area contributed by atoms with Crippen LogP contribution in [0.15, 0.2) is 28.7 Å². The highest BCUT2D eigenvalue weighted by atomic mass is 79.9. The van der Waals surface area contributed by atoms with E-state index in [0.717, 1.165) is 26.8 Å². The quantitative estimate of drug-likeness (QED) is 0.652. The van der Waals surface area contributed by atoms with Crippen LogP contribution in [0.25, 0.3) is 10.9 Å². The molecule has 0 radical (unpaired) electrons. The van der Waals surface area contributed by atoms with Crippen molar-refractivity contribution >= 4 is 32.5 Å². The third-order valence-corrected chi connectivity index (χ3v) is 4.20. The second kappa shape index (κ2) is 4.86. The van der Waals surface area contributed by atoms with Gasteiger partial charge < -0.3 is 5.43 Å². The average molecular weight is 306 g/mol. The first-order chi connectivity index (χ1) is 8.78. The molecular formula is C14H16BrN3. The summed E-state index contributed by atoms with van der Waals surface area (Å²) in [6.45, 7) is 0. The monoisotopic (exact) mass is 305 g/mol. The van der Waals surface area contributed by atoms with Crippen LogP contribution < -0.4 is 11.3 Å². The van der Waals surface area contributed by atoms with E-state index in [-0.39, 0.29) is 0 Å². The average Bonchev–Trinajstić information content (AvgIpc) is 2.90. The number of nitrogen functional groups attached to an aromatic ring is 1. The number of nitrogens with zero attached hydrogens (tertiary/aromatic N) is 1. The second-order valence-electron chi connectivity index (χ2n) is 4.88. The minimum atomic E-state index is 0.555. The lowest BCUT2D eigenvalue weighted by Gasteiger charge is -2.15. The Hall–Kier alpha value is -1.13. The Morgan fingerprint density at radius 1 is 1.22 bits per heavy atom. The number of hydrogen-bond acceptors (Lipinski definition) is 3. The molecule has 0 bridgehead atoms. The molecule has 1 aromatic heterocycles. The van der Waals surface area contributed by atoms with Gasteiger partial charge in [0.05, 0.1) is 16.9 Å². The third-order valence-electron chi connectivity index (χ3n) is 3.71. The molecule has 94 valence electrons. The van der Waals surface area contributed by atoms with Crippen molar-refractivity contribution in [2.45, 2.75) is 31.6 Å². The summed E-state index contributed by atoms with van der Waals surface area (Å²) in [5.74, 6) is 6.19. The molecule has 4 heteroatoms. The number of nitrogens with two attached hydrogens (primary N) is 1. The molecule has 1 saturated carbocycles. The molecule has 1 aliphatic carbocycles. The van der Waals surface area contributed by atoms with Gasteiger partial charge in [0, 0.05) is 15.8 Å². The van der Waals surface area contributed by atoms with E-state index in [1.54, 1.807) is 0 Å². The third kappa shape index (κ3) is 2.10. The zero-order valence-electron chi connectivity index (χ0n) is 10.1.